The molecular weight excluding hydrogens is 517 g/mol. The van der Waals surface area contributed by atoms with Crippen molar-refractivity contribution in [2.75, 3.05) is 54.6 Å². The van der Waals surface area contributed by atoms with Crippen LogP contribution in [-0.4, -0.2) is 70.2 Å². The van der Waals surface area contributed by atoms with Gasteiger partial charge in [0, 0.05) is 5.92 Å². The quantitative estimate of drug-likeness (QED) is 0.0428. The van der Waals surface area contributed by atoms with Crippen molar-refractivity contribution in [1.82, 2.24) is 0 Å². The highest BCUT2D eigenvalue weighted by Gasteiger charge is 2.25. The summed E-state index contributed by atoms with van der Waals surface area (Å²) in [5.74, 6) is -0.187. The summed E-state index contributed by atoms with van der Waals surface area (Å²) in [6.07, 6.45) is 23.8. The van der Waals surface area contributed by atoms with Gasteiger partial charge in [-0.2, -0.15) is 0 Å². The molecule has 0 radical (unpaired) electrons. The molecule has 0 aromatic heterocycles. The van der Waals surface area contributed by atoms with E-state index in [1.165, 1.54) is 110 Å². The number of carbonyl (C=O) groups is 1. The lowest BCUT2D eigenvalue weighted by Gasteiger charge is -2.24. The summed E-state index contributed by atoms with van der Waals surface area (Å²) in [4.78, 5) is 21.4. The van der Waals surface area contributed by atoms with Crippen molar-refractivity contribution in [2.45, 2.75) is 129 Å². The van der Waals surface area contributed by atoms with Crippen LogP contribution in [0.15, 0.2) is 0 Å². The highest BCUT2D eigenvalue weighted by Crippen LogP contribution is 2.43. The molecule has 8 nitrogen and oxygen atoms in total. The average molecular weight is 581 g/mol. The minimum Gasteiger partial charge on any atom is -0.438 e. The molecule has 39 heavy (non-hydrogen) atoms. The van der Waals surface area contributed by atoms with Crippen molar-refractivity contribution in [3.63, 3.8) is 0 Å². The minimum absolute atomic E-state index is 0.00585. The molecule has 0 saturated heterocycles. The van der Waals surface area contributed by atoms with Crippen LogP contribution in [0.4, 0.5) is 4.79 Å². The number of carbonyl (C=O) groups excluding carboxylic acids is 1. The number of likely N-dealkylation sites (N-methyl/N-ethyl adjacent to an activating group) is 1. The van der Waals surface area contributed by atoms with Gasteiger partial charge in [0.15, 0.2) is 0 Å². The molecule has 9 heteroatoms. The van der Waals surface area contributed by atoms with Crippen LogP contribution in [0.2, 0.25) is 0 Å². The topological polar surface area (TPSA) is 91.3 Å². The number of nitrogens with zero attached hydrogens (tertiary/aromatic N) is 1. The molecule has 0 aromatic rings. The molecule has 2 unspecified atom stereocenters. The van der Waals surface area contributed by atoms with Crippen molar-refractivity contribution in [1.29, 1.82) is 0 Å². The van der Waals surface area contributed by atoms with E-state index in [4.69, 9.17) is 13.8 Å². The van der Waals surface area contributed by atoms with Gasteiger partial charge in [0.05, 0.1) is 41.5 Å². The van der Waals surface area contributed by atoms with Crippen LogP contribution in [0.25, 0.3) is 0 Å². The summed E-state index contributed by atoms with van der Waals surface area (Å²) in [5, 5.41) is 0. The maximum Gasteiger partial charge on any atom is 0.507 e. The first kappa shape index (κ1) is 38.3. The fraction of sp³-hybridized carbons (Fsp3) is 0.967. The lowest BCUT2D eigenvalue weighted by Crippen LogP contribution is -2.37. The van der Waals surface area contributed by atoms with Gasteiger partial charge >= 0.3 is 14.0 Å². The average Bonchev–Trinajstić information content (AvgIpc) is 2.87. The maximum atomic E-state index is 12.2. The van der Waals surface area contributed by atoms with Crippen LogP contribution in [0.3, 0.4) is 0 Å². The molecule has 1 N–H and O–H groups in total. The molecule has 0 saturated carbocycles. The van der Waals surface area contributed by atoms with Crippen LogP contribution < -0.4 is 0 Å². The lowest BCUT2D eigenvalue weighted by molar-refractivity contribution is -0.870. The summed E-state index contributed by atoms with van der Waals surface area (Å²) in [5.41, 5.74) is 0. The zero-order valence-corrected chi connectivity index (χ0v) is 27.0. The number of quaternary nitrogens is 1. The Morgan fingerprint density at radius 1 is 0.718 bits per heavy atom. The summed E-state index contributed by atoms with van der Waals surface area (Å²) >= 11 is 0. The highest BCUT2D eigenvalue weighted by atomic mass is 31.2. The molecule has 0 bridgehead atoms. The van der Waals surface area contributed by atoms with Gasteiger partial charge < -0.3 is 18.9 Å². The molecule has 0 spiro atoms. The molecule has 2 atom stereocenters. The standard InChI is InChI=1S/C30H62NO7P/c1-6-7-8-9-10-11-12-13-14-15-16-17-18-19-20-21-22-23-24-29(27-36-30(32)35-5)28-38-39(33,34)37-26-25-31(2,3)4/h29H,6-28H2,1-5H3/p+1. The third kappa shape index (κ3) is 28.7. The van der Waals surface area contributed by atoms with E-state index in [9.17, 15) is 14.3 Å². The molecule has 0 heterocycles. The fourth-order valence-electron chi connectivity index (χ4n) is 4.46. The van der Waals surface area contributed by atoms with Gasteiger partial charge in [-0.05, 0) is 6.42 Å². The molecule has 0 aromatic carbocycles. The predicted molar refractivity (Wildman–Crippen MR) is 160 cm³/mol. The molecule has 0 fully saturated rings. The Balaban J connectivity index is 3.87. The van der Waals surface area contributed by atoms with Gasteiger partial charge in [0.25, 0.3) is 0 Å². The smallest absolute Gasteiger partial charge is 0.438 e. The second-order valence-corrected chi connectivity index (χ2v) is 13.5. The molecular formula is C30H63NO7P+. The van der Waals surface area contributed by atoms with Crippen molar-refractivity contribution >= 4 is 14.0 Å². The third-order valence-electron chi connectivity index (χ3n) is 7.06. The third-order valence-corrected chi connectivity index (χ3v) is 8.04. The van der Waals surface area contributed by atoms with Crippen LogP contribution in [0.5, 0.6) is 0 Å². The summed E-state index contributed by atoms with van der Waals surface area (Å²) in [7, 11) is 3.05. The number of hydrogen-bond donors (Lipinski definition) is 1. The highest BCUT2D eigenvalue weighted by molar-refractivity contribution is 7.47. The largest absolute Gasteiger partial charge is 0.507 e. The van der Waals surface area contributed by atoms with E-state index in [1.54, 1.807) is 0 Å². The first-order valence-electron chi connectivity index (χ1n) is 15.7. The Hall–Kier alpha value is -0.660. The van der Waals surface area contributed by atoms with E-state index >= 15 is 0 Å². The van der Waals surface area contributed by atoms with Crippen LogP contribution in [0.1, 0.15) is 129 Å². The molecule has 0 aliphatic rings. The van der Waals surface area contributed by atoms with Gasteiger partial charge in [-0.15, -0.1) is 0 Å². The van der Waals surface area contributed by atoms with E-state index in [-0.39, 0.29) is 25.7 Å². The number of phosphoric acid groups is 1. The van der Waals surface area contributed by atoms with Gasteiger partial charge in [-0.1, -0.05) is 122 Å². The normalized spacial score (nSPS) is 14.2. The first-order valence-corrected chi connectivity index (χ1v) is 17.2. The SMILES string of the molecule is CCCCCCCCCCCCCCCCCCCCC(COC(=O)OC)COP(=O)(O)OCC[N+](C)(C)C. The van der Waals surface area contributed by atoms with Crippen molar-refractivity contribution in [3.05, 3.63) is 0 Å². The predicted octanol–water partition coefficient (Wildman–Crippen LogP) is 8.66. The fourth-order valence-corrected chi connectivity index (χ4v) is 5.25. The molecule has 234 valence electrons. The summed E-state index contributed by atoms with van der Waals surface area (Å²) < 4.78 is 32.7. The zero-order valence-electron chi connectivity index (χ0n) is 26.1. The Morgan fingerprint density at radius 3 is 1.56 bits per heavy atom. The number of phosphoric ester groups is 1. The van der Waals surface area contributed by atoms with Crippen molar-refractivity contribution < 1.29 is 37.3 Å². The number of methoxy groups -OCH3 is 1. The number of ether oxygens (including phenoxy) is 2. The van der Waals surface area contributed by atoms with Crippen molar-refractivity contribution in [3.8, 4) is 0 Å². The lowest BCUT2D eigenvalue weighted by atomic mass is 10.0. The monoisotopic (exact) mass is 580 g/mol. The molecule has 0 amide bonds. The van der Waals surface area contributed by atoms with E-state index in [0.717, 1.165) is 19.3 Å². The summed E-state index contributed by atoms with van der Waals surface area (Å²) in [6.45, 7) is 3.07. The van der Waals surface area contributed by atoms with E-state index in [0.29, 0.717) is 11.0 Å². The van der Waals surface area contributed by atoms with Gasteiger partial charge in [0.1, 0.15) is 13.2 Å². The summed E-state index contributed by atoms with van der Waals surface area (Å²) in [6, 6.07) is 0. The van der Waals surface area contributed by atoms with E-state index in [1.807, 2.05) is 21.1 Å². The van der Waals surface area contributed by atoms with Crippen LogP contribution >= 0.6 is 7.82 Å². The van der Waals surface area contributed by atoms with Crippen LogP contribution in [-0.2, 0) is 23.1 Å². The van der Waals surface area contributed by atoms with E-state index in [2.05, 4.69) is 11.7 Å². The Labute approximate surface area is 240 Å². The van der Waals surface area contributed by atoms with Gasteiger partial charge in [0.2, 0.25) is 0 Å². The number of rotatable bonds is 28. The molecule has 0 aliphatic carbocycles. The van der Waals surface area contributed by atoms with Gasteiger partial charge in [-0.25, -0.2) is 9.36 Å². The Morgan fingerprint density at radius 2 is 1.15 bits per heavy atom. The van der Waals surface area contributed by atoms with E-state index < -0.39 is 14.0 Å². The zero-order chi connectivity index (χ0) is 29.2. The number of unbranched alkanes of at least 4 members (excludes halogenated alkanes) is 17. The Bertz CT molecular complexity index is 613. The van der Waals surface area contributed by atoms with Crippen LogP contribution in [0, 0.1) is 5.92 Å². The van der Waals surface area contributed by atoms with Crippen molar-refractivity contribution in [2.24, 2.45) is 5.92 Å². The second-order valence-electron chi connectivity index (χ2n) is 12.0. The molecule has 0 rings (SSSR count). The number of hydrogen-bond acceptors (Lipinski definition) is 6. The minimum atomic E-state index is -4.15. The molecule has 0 aliphatic heterocycles. The second kappa shape index (κ2) is 25.1. The first-order chi connectivity index (χ1) is 18.6. The Kier molecular flexibility index (Phi) is 24.7. The maximum absolute atomic E-state index is 12.2. The van der Waals surface area contributed by atoms with Gasteiger partial charge in [-0.3, -0.25) is 9.05 Å².